The van der Waals surface area contributed by atoms with Gasteiger partial charge < -0.3 is 16.6 Å². The summed E-state index contributed by atoms with van der Waals surface area (Å²) in [6.45, 7) is 0. The fourth-order valence-electron chi connectivity index (χ4n) is 2.65. The standard InChI is InChI=1S/C19H16FN5O5S/c20-13-8-12(21)5-6-15(13)31(29,30)25-16(26)7-10-1-3-11(4-2-10)14-9-23-18(22)17(24-14)19(27)28/h1-6,8-9H,7,21H2,(H2,22,23)(H,25,26)(H,27,28). The summed E-state index contributed by atoms with van der Waals surface area (Å²) in [6.07, 6.45) is 1.00. The SMILES string of the molecule is Nc1ccc(S(=O)(=O)NC(=O)Cc2ccc(-c3cnc(N)c(C(=O)O)n3)cc2)c(F)c1. The molecule has 3 aromatic rings. The Morgan fingerprint density at radius 3 is 2.39 bits per heavy atom. The summed E-state index contributed by atoms with van der Waals surface area (Å²) in [6, 6.07) is 9.19. The smallest absolute Gasteiger partial charge is 0.358 e. The Bertz CT molecular complexity index is 1280. The number of nitrogen functional groups attached to an aromatic ring is 2. The summed E-state index contributed by atoms with van der Waals surface area (Å²) in [5, 5.41) is 9.08. The Labute approximate surface area is 175 Å². The predicted octanol–water partition coefficient (Wildman–Crippen LogP) is 1.19. The summed E-state index contributed by atoms with van der Waals surface area (Å²) in [5.41, 5.74) is 11.7. The van der Waals surface area contributed by atoms with E-state index in [9.17, 15) is 22.4 Å². The molecular weight excluding hydrogens is 429 g/mol. The summed E-state index contributed by atoms with van der Waals surface area (Å²) < 4.78 is 40.1. The lowest BCUT2D eigenvalue weighted by atomic mass is 10.1. The maximum absolute atomic E-state index is 13.9. The minimum Gasteiger partial charge on any atom is -0.476 e. The summed E-state index contributed by atoms with van der Waals surface area (Å²) in [5.74, 6) is -3.48. The summed E-state index contributed by atoms with van der Waals surface area (Å²) in [7, 11) is -4.41. The van der Waals surface area contributed by atoms with Crippen LogP contribution in [0.5, 0.6) is 0 Å². The number of benzene rings is 2. The van der Waals surface area contributed by atoms with E-state index in [0.29, 0.717) is 11.1 Å². The molecular formula is C19H16FN5O5S. The number of nitrogens with two attached hydrogens (primary N) is 2. The quantitative estimate of drug-likeness (QED) is 0.406. The number of aromatic nitrogens is 2. The summed E-state index contributed by atoms with van der Waals surface area (Å²) >= 11 is 0. The highest BCUT2D eigenvalue weighted by Crippen LogP contribution is 2.20. The molecule has 1 heterocycles. The average molecular weight is 445 g/mol. The molecule has 160 valence electrons. The molecule has 0 saturated carbocycles. The maximum Gasteiger partial charge on any atom is 0.358 e. The fourth-order valence-corrected chi connectivity index (χ4v) is 3.69. The Morgan fingerprint density at radius 2 is 1.77 bits per heavy atom. The predicted molar refractivity (Wildman–Crippen MR) is 109 cm³/mol. The fraction of sp³-hybridized carbons (Fsp3) is 0.0526. The third-order valence-electron chi connectivity index (χ3n) is 4.11. The molecule has 0 aliphatic rings. The Kier molecular flexibility index (Phi) is 5.83. The maximum atomic E-state index is 13.9. The van der Waals surface area contributed by atoms with Crippen molar-refractivity contribution in [3.63, 3.8) is 0 Å². The van der Waals surface area contributed by atoms with E-state index in [0.717, 1.165) is 12.1 Å². The Balaban J connectivity index is 1.73. The molecule has 31 heavy (non-hydrogen) atoms. The molecule has 6 N–H and O–H groups in total. The highest BCUT2D eigenvalue weighted by molar-refractivity contribution is 7.90. The largest absolute Gasteiger partial charge is 0.476 e. The molecule has 0 saturated heterocycles. The number of halogens is 1. The number of carboxylic acid groups (broad SMARTS) is 1. The van der Waals surface area contributed by atoms with Crippen LogP contribution in [0.2, 0.25) is 0 Å². The van der Waals surface area contributed by atoms with Crippen molar-refractivity contribution in [1.82, 2.24) is 14.7 Å². The molecule has 0 spiro atoms. The molecule has 0 atom stereocenters. The summed E-state index contributed by atoms with van der Waals surface area (Å²) in [4.78, 5) is 30.3. The molecule has 0 unspecified atom stereocenters. The van der Waals surface area contributed by atoms with Crippen molar-refractivity contribution in [3.8, 4) is 11.3 Å². The number of amides is 1. The second kappa shape index (κ2) is 8.36. The van der Waals surface area contributed by atoms with Gasteiger partial charge in [0.05, 0.1) is 18.3 Å². The lowest BCUT2D eigenvalue weighted by molar-refractivity contribution is -0.118. The van der Waals surface area contributed by atoms with Crippen LogP contribution in [0.4, 0.5) is 15.9 Å². The number of aromatic carboxylic acids is 1. The van der Waals surface area contributed by atoms with Crippen LogP contribution >= 0.6 is 0 Å². The van der Waals surface area contributed by atoms with Crippen LogP contribution in [-0.2, 0) is 21.2 Å². The van der Waals surface area contributed by atoms with Crippen LogP contribution in [0.3, 0.4) is 0 Å². The first-order valence-electron chi connectivity index (χ1n) is 8.62. The van der Waals surface area contributed by atoms with E-state index >= 15 is 0 Å². The molecule has 0 aliphatic heterocycles. The third kappa shape index (κ3) is 4.93. The van der Waals surface area contributed by atoms with E-state index in [1.54, 1.807) is 16.9 Å². The lowest BCUT2D eigenvalue weighted by Crippen LogP contribution is -2.32. The van der Waals surface area contributed by atoms with Gasteiger partial charge in [0.25, 0.3) is 10.0 Å². The number of sulfonamides is 1. The van der Waals surface area contributed by atoms with Crippen LogP contribution in [0.1, 0.15) is 16.1 Å². The Morgan fingerprint density at radius 1 is 1.10 bits per heavy atom. The van der Waals surface area contributed by atoms with Gasteiger partial charge in [-0.15, -0.1) is 0 Å². The van der Waals surface area contributed by atoms with Gasteiger partial charge in [-0.2, -0.15) is 0 Å². The van der Waals surface area contributed by atoms with Gasteiger partial charge in [-0.05, 0) is 23.8 Å². The van der Waals surface area contributed by atoms with E-state index < -0.39 is 32.6 Å². The molecule has 1 amide bonds. The van der Waals surface area contributed by atoms with Gasteiger partial charge in [-0.25, -0.2) is 32.3 Å². The van der Waals surface area contributed by atoms with Gasteiger partial charge in [0.2, 0.25) is 5.91 Å². The molecule has 3 rings (SSSR count). The number of rotatable bonds is 6. The first-order chi connectivity index (χ1) is 14.6. The number of carbonyl (C=O) groups is 2. The first-order valence-corrected chi connectivity index (χ1v) is 10.1. The van der Waals surface area contributed by atoms with E-state index in [1.807, 2.05) is 0 Å². The van der Waals surface area contributed by atoms with Crippen LogP contribution in [0.15, 0.2) is 53.6 Å². The van der Waals surface area contributed by atoms with Crippen molar-refractivity contribution in [2.24, 2.45) is 0 Å². The van der Waals surface area contributed by atoms with Gasteiger partial charge >= 0.3 is 5.97 Å². The van der Waals surface area contributed by atoms with Crippen LogP contribution in [0.25, 0.3) is 11.3 Å². The van der Waals surface area contributed by atoms with Crippen molar-refractivity contribution in [2.45, 2.75) is 11.3 Å². The van der Waals surface area contributed by atoms with Crippen molar-refractivity contribution in [1.29, 1.82) is 0 Å². The molecule has 0 aliphatic carbocycles. The number of anilines is 2. The second-order valence-electron chi connectivity index (χ2n) is 6.39. The number of nitrogens with one attached hydrogen (secondary N) is 1. The molecule has 0 fully saturated rings. The number of hydrogen-bond donors (Lipinski definition) is 4. The highest BCUT2D eigenvalue weighted by Gasteiger charge is 2.22. The molecule has 0 bridgehead atoms. The minimum atomic E-state index is -4.41. The zero-order chi connectivity index (χ0) is 22.8. The average Bonchev–Trinajstić information content (AvgIpc) is 2.68. The first kappa shape index (κ1) is 21.6. The van der Waals surface area contributed by atoms with Crippen molar-refractivity contribution in [3.05, 3.63) is 65.7 Å². The number of carbonyl (C=O) groups excluding carboxylic acids is 1. The van der Waals surface area contributed by atoms with Gasteiger partial charge in [0.15, 0.2) is 11.5 Å². The topological polar surface area (TPSA) is 178 Å². The zero-order valence-electron chi connectivity index (χ0n) is 15.7. The van der Waals surface area contributed by atoms with Crippen molar-refractivity contribution in [2.75, 3.05) is 11.5 Å². The van der Waals surface area contributed by atoms with Crippen LogP contribution in [-0.4, -0.2) is 35.4 Å². The van der Waals surface area contributed by atoms with E-state index in [2.05, 4.69) is 9.97 Å². The zero-order valence-corrected chi connectivity index (χ0v) is 16.6. The molecule has 10 nitrogen and oxygen atoms in total. The Hall–Kier alpha value is -4.06. The third-order valence-corrected chi connectivity index (χ3v) is 5.52. The normalized spacial score (nSPS) is 11.1. The van der Waals surface area contributed by atoms with Crippen LogP contribution < -0.4 is 16.2 Å². The monoisotopic (exact) mass is 445 g/mol. The van der Waals surface area contributed by atoms with Gasteiger partial charge in [-0.3, -0.25) is 4.79 Å². The minimum absolute atomic E-state index is 0.0455. The molecule has 1 aromatic heterocycles. The molecule has 0 radical (unpaired) electrons. The highest BCUT2D eigenvalue weighted by atomic mass is 32.2. The van der Waals surface area contributed by atoms with E-state index in [1.165, 1.54) is 24.4 Å². The van der Waals surface area contributed by atoms with Crippen LogP contribution in [0, 0.1) is 5.82 Å². The molecule has 2 aromatic carbocycles. The van der Waals surface area contributed by atoms with Crippen molar-refractivity contribution >= 4 is 33.4 Å². The number of nitrogens with zero attached hydrogens (tertiary/aromatic N) is 2. The lowest BCUT2D eigenvalue weighted by Gasteiger charge is -2.09. The number of hydrogen-bond acceptors (Lipinski definition) is 8. The van der Waals surface area contributed by atoms with Crippen molar-refractivity contribution < 1.29 is 27.5 Å². The van der Waals surface area contributed by atoms with Gasteiger partial charge in [0.1, 0.15) is 10.7 Å². The van der Waals surface area contributed by atoms with Gasteiger partial charge in [0, 0.05) is 11.3 Å². The molecule has 12 heteroatoms. The van der Waals surface area contributed by atoms with Gasteiger partial charge in [-0.1, -0.05) is 24.3 Å². The second-order valence-corrected chi connectivity index (χ2v) is 8.04. The number of carboxylic acids is 1. The van der Waals surface area contributed by atoms with E-state index in [4.69, 9.17) is 16.6 Å². The van der Waals surface area contributed by atoms with E-state index in [-0.39, 0.29) is 29.3 Å².